The van der Waals surface area contributed by atoms with Crippen molar-refractivity contribution >= 4 is 31.6 Å². The van der Waals surface area contributed by atoms with Crippen LogP contribution in [0.25, 0.3) is 0 Å². The molecule has 1 aliphatic rings. The summed E-state index contributed by atoms with van der Waals surface area (Å²) in [5.41, 5.74) is 7.99. The fraction of sp³-hybridized carbons (Fsp3) is 0.552. The summed E-state index contributed by atoms with van der Waals surface area (Å²) in [6.45, 7) is 20.0. The van der Waals surface area contributed by atoms with E-state index in [1.165, 1.54) is 38.3 Å². The zero-order valence-electron chi connectivity index (χ0n) is 22.7. The van der Waals surface area contributed by atoms with Crippen LogP contribution in [0.1, 0.15) is 101 Å². The average molecular weight is 530 g/mol. The van der Waals surface area contributed by atoms with Gasteiger partial charge in [-0.2, -0.15) is 0 Å². The molecule has 0 aliphatic carbocycles. The number of ether oxygens (including phenoxy) is 2. The zero-order valence-corrected chi connectivity index (χ0v) is 24.4. The van der Waals surface area contributed by atoms with Crippen molar-refractivity contribution in [2.24, 2.45) is 0 Å². The Morgan fingerprint density at radius 3 is 1.06 bits per heavy atom. The quantitative estimate of drug-likeness (QED) is 0.352. The molecule has 0 bridgehead atoms. The number of nitrogens with zero attached hydrogens (tertiary/aromatic N) is 2. The van der Waals surface area contributed by atoms with Crippen LogP contribution in [0, 0.1) is 0 Å². The molecule has 4 nitrogen and oxygen atoms in total. The summed E-state index contributed by atoms with van der Waals surface area (Å²) in [5.74, 6) is 3.44. The van der Waals surface area contributed by atoms with Crippen molar-refractivity contribution in [1.29, 1.82) is 0 Å². The Morgan fingerprint density at radius 2 is 0.853 bits per heavy atom. The molecule has 1 fully saturated rings. The minimum absolute atomic E-state index is 0.392. The average Bonchev–Trinajstić information content (AvgIpc) is 3.17. The van der Waals surface area contributed by atoms with E-state index in [4.69, 9.17) is 9.47 Å². The third-order valence-corrected chi connectivity index (χ3v) is 7.72. The van der Waals surface area contributed by atoms with Gasteiger partial charge >= 0.3 is 215 Å². The second-order valence-corrected chi connectivity index (χ2v) is 11.3. The molecule has 34 heavy (non-hydrogen) atoms. The predicted molar refractivity (Wildman–Crippen MR) is 148 cm³/mol. The van der Waals surface area contributed by atoms with Crippen LogP contribution in [0.2, 0.25) is 0 Å². The van der Waals surface area contributed by atoms with Crippen molar-refractivity contribution < 1.29 is 9.47 Å². The normalized spacial score (nSPS) is 14.4. The molecule has 0 radical (unpaired) electrons. The minimum atomic E-state index is 0.392. The van der Waals surface area contributed by atoms with Crippen LogP contribution < -0.4 is 19.3 Å². The molecule has 0 N–H and O–H groups in total. The van der Waals surface area contributed by atoms with Gasteiger partial charge in [-0.05, 0) is 0 Å². The maximum atomic E-state index is 5.68. The molecule has 2 aromatic carbocycles. The molecule has 2 aromatic rings. The van der Waals surface area contributed by atoms with Gasteiger partial charge in [0, 0.05) is 0 Å². The van der Waals surface area contributed by atoms with E-state index < -0.39 is 0 Å². The second kappa shape index (κ2) is 10.7. The number of benzene rings is 2. The molecule has 1 heterocycles. The van der Waals surface area contributed by atoms with E-state index in [9.17, 15) is 0 Å². The van der Waals surface area contributed by atoms with Gasteiger partial charge in [0.15, 0.2) is 0 Å². The van der Waals surface area contributed by atoms with Gasteiger partial charge < -0.3 is 0 Å². The van der Waals surface area contributed by atoms with Crippen LogP contribution in [-0.2, 0) is 0 Å². The summed E-state index contributed by atoms with van der Waals surface area (Å²) in [4.78, 5) is 4.98. The van der Waals surface area contributed by atoms with E-state index in [-0.39, 0.29) is 0 Å². The Morgan fingerprint density at radius 1 is 0.588 bits per heavy atom. The van der Waals surface area contributed by atoms with Crippen LogP contribution in [0.5, 0.6) is 11.5 Å². The van der Waals surface area contributed by atoms with E-state index in [1.54, 1.807) is 14.2 Å². The Kier molecular flexibility index (Phi) is 8.42. The fourth-order valence-corrected chi connectivity index (χ4v) is 5.64. The molecule has 186 valence electrons. The molecular formula is C29H42N2O2Se. The number of methoxy groups -OCH3 is 2. The van der Waals surface area contributed by atoms with Gasteiger partial charge in [0.1, 0.15) is 0 Å². The third-order valence-electron chi connectivity index (χ3n) is 6.79. The molecule has 0 unspecified atom stereocenters. The van der Waals surface area contributed by atoms with E-state index in [0.29, 0.717) is 23.7 Å². The number of rotatable bonds is 8. The second-order valence-electron chi connectivity index (χ2n) is 10.5. The fourth-order valence-electron chi connectivity index (χ4n) is 4.87. The standard InChI is InChI=1S/C29H42N2O2Se/c1-17(2)23-13-21(32-9)14-24(18(3)4)27(23)30-11-12-31(29(30)34)28-25(19(5)6)15-22(33-10)16-26(28)20(7)8/h13-20H,11-12H2,1-10H3. The van der Waals surface area contributed by atoms with Crippen LogP contribution in [-0.4, -0.2) is 47.6 Å². The van der Waals surface area contributed by atoms with Crippen LogP contribution in [0.3, 0.4) is 0 Å². The molecule has 0 saturated carbocycles. The topological polar surface area (TPSA) is 24.9 Å². The maximum absolute atomic E-state index is 5.68. The Balaban J connectivity index is 2.18. The van der Waals surface area contributed by atoms with Crippen molar-refractivity contribution in [2.45, 2.75) is 79.1 Å². The number of hydrogen-bond donors (Lipinski definition) is 0. The van der Waals surface area contributed by atoms with Gasteiger partial charge in [0.2, 0.25) is 0 Å². The summed E-state index contributed by atoms with van der Waals surface area (Å²) in [7, 11) is 3.52. The summed E-state index contributed by atoms with van der Waals surface area (Å²) in [6.07, 6.45) is 0. The Hall–Kier alpha value is -1.97. The first kappa shape index (κ1) is 26.6. The Bertz CT molecular complexity index is 903. The SMILES string of the molecule is COc1cc(C(C)C)c(N2CCN(c3c(C(C)C)cc(OC)cc3C(C)C)C2=[Se])c(C(C)C)c1. The molecule has 0 aromatic heterocycles. The third kappa shape index (κ3) is 5.02. The molecule has 5 heteroatoms. The summed E-state index contributed by atoms with van der Waals surface area (Å²) in [5, 5.41) is 0. The predicted octanol–water partition coefficient (Wildman–Crippen LogP) is 6.78. The van der Waals surface area contributed by atoms with Crippen molar-refractivity contribution in [3.05, 3.63) is 46.5 Å². The van der Waals surface area contributed by atoms with Gasteiger partial charge in [-0.15, -0.1) is 0 Å². The van der Waals surface area contributed by atoms with Gasteiger partial charge in [-0.25, -0.2) is 0 Å². The van der Waals surface area contributed by atoms with Crippen molar-refractivity contribution in [3.8, 4) is 11.5 Å². The molecule has 0 spiro atoms. The monoisotopic (exact) mass is 530 g/mol. The first-order valence-corrected chi connectivity index (χ1v) is 13.4. The van der Waals surface area contributed by atoms with Crippen molar-refractivity contribution in [1.82, 2.24) is 0 Å². The Labute approximate surface area is 215 Å². The molecule has 1 saturated heterocycles. The summed E-state index contributed by atoms with van der Waals surface area (Å²) >= 11 is 3.46. The van der Waals surface area contributed by atoms with Crippen LogP contribution in [0.15, 0.2) is 24.3 Å². The van der Waals surface area contributed by atoms with E-state index in [0.717, 1.165) is 24.6 Å². The van der Waals surface area contributed by atoms with E-state index >= 15 is 0 Å². The molecule has 0 atom stereocenters. The number of anilines is 2. The molecule has 1 aliphatic heterocycles. The summed E-state index contributed by atoms with van der Waals surface area (Å²) in [6, 6.07) is 8.87. The molecule has 3 rings (SSSR count). The van der Waals surface area contributed by atoms with Gasteiger partial charge in [-0.1, -0.05) is 0 Å². The summed E-state index contributed by atoms with van der Waals surface area (Å²) < 4.78 is 12.5. The zero-order chi connectivity index (χ0) is 25.3. The molecule has 0 amide bonds. The van der Waals surface area contributed by atoms with Crippen LogP contribution >= 0.6 is 0 Å². The van der Waals surface area contributed by atoms with Crippen molar-refractivity contribution in [3.63, 3.8) is 0 Å². The first-order chi connectivity index (χ1) is 16.0. The number of hydrogen-bond acceptors (Lipinski definition) is 4. The van der Waals surface area contributed by atoms with E-state index in [1.807, 2.05) is 0 Å². The van der Waals surface area contributed by atoms with Gasteiger partial charge in [0.05, 0.1) is 0 Å². The van der Waals surface area contributed by atoms with Crippen LogP contribution in [0.4, 0.5) is 11.4 Å². The van der Waals surface area contributed by atoms with Gasteiger partial charge in [0.25, 0.3) is 0 Å². The van der Waals surface area contributed by atoms with E-state index in [2.05, 4.69) is 105 Å². The molecular weight excluding hydrogens is 487 g/mol. The van der Waals surface area contributed by atoms with Gasteiger partial charge in [-0.3, -0.25) is 0 Å². The first-order valence-electron chi connectivity index (χ1n) is 12.5. The van der Waals surface area contributed by atoms with Crippen molar-refractivity contribution in [2.75, 3.05) is 37.1 Å².